The van der Waals surface area contributed by atoms with Crippen molar-refractivity contribution in [2.24, 2.45) is 0 Å². The first-order chi connectivity index (χ1) is 12.7. The number of carbonyl (C=O) groups excluding carboxylic acids is 1. The number of carbonyl (C=O) groups is 1. The third-order valence-electron chi connectivity index (χ3n) is 5.30. The molecule has 9 heteroatoms. The van der Waals surface area contributed by atoms with E-state index in [1.165, 1.54) is 28.6 Å². The summed E-state index contributed by atoms with van der Waals surface area (Å²) in [5.74, 6) is -0.163. The smallest absolute Gasteiger partial charge is 0.254 e. The number of nitrogens with zero attached hydrogens (tertiary/aromatic N) is 2. The number of benzene rings is 1. The van der Waals surface area contributed by atoms with Crippen molar-refractivity contribution in [3.05, 3.63) is 29.8 Å². The average molecular weight is 415 g/mol. The lowest BCUT2D eigenvalue weighted by molar-refractivity contribution is 0.0708. The Morgan fingerprint density at radius 1 is 1.15 bits per heavy atom. The lowest BCUT2D eigenvalue weighted by Crippen LogP contribution is -2.41. The summed E-state index contributed by atoms with van der Waals surface area (Å²) in [6, 6.07) is 5.66. The monoisotopic (exact) mass is 414 g/mol. The predicted octanol–water partition coefficient (Wildman–Crippen LogP) is 1.51. The second-order valence-corrected chi connectivity index (χ2v) is 11.3. The number of hydrogen-bond acceptors (Lipinski definition) is 5. The molecular weight excluding hydrogens is 388 g/mol. The van der Waals surface area contributed by atoms with Gasteiger partial charge in [0.2, 0.25) is 10.0 Å². The summed E-state index contributed by atoms with van der Waals surface area (Å²) in [4.78, 5) is 14.6. The highest BCUT2D eigenvalue weighted by molar-refractivity contribution is 7.91. The van der Waals surface area contributed by atoms with Crippen molar-refractivity contribution < 1.29 is 21.6 Å². The van der Waals surface area contributed by atoms with Gasteiger partial charge in [-0.3, -0.25) is 4.79 Å². The largest absolute Gasteiger partial charge is 0.335 e. The molecule has 2 fully saturated rings. The fourth-order valence-corrected chi connectivity index (χ4v) is 7.03. The molecule has 0 unspecified atom stereocenters. The molecule has 0 N–H and O–H groups in total. The molecule has 2 heterocycles. The van der Waals surface area contributed by atoms with Crippen LogP contribution in [0.15, 0.2) is 29.2 Å². The molecule has 2 aliphatic rings. The van der Waals surface area contributed by atoms with Crippen molar-refractivity contribution in [2.75, 3.05) is 31.1 Å². The van der Waals surface area contributed by atoms with Crippen molar-refractivity contribution in [1.29, 1.82) is 0 Å². The summed E-state index contributed by atoms with van der Waals surface area (Å²) in [7, 11) is -6.62. The van der Waals surface area contributed by atoms with Crippen molar-refractivity contribution in [3.8, 4) is 0 Å². The number of rotatable bonds is 5. The summed E-state index contributed by atoms with van der Waals surface area (Å²) in [5, 5.41) is 0. The number of sulfonamides is 1. The Balaban J connectivity index is 1.77. The average Bonchev–Trinajstić information content (AvgIpc) is 3.02. The fourth-order valence-electron chi connectivity index (χ4n) is 3.78. The van der Waals surface area contributed by atoms with E-state index in [1.54, 1.807) is 4.90 Å². The molecule has 2 aliphatic heterocycles. The quantitative estimate of drug-likeness (QED) is 0.728. The van der Waals surface area contributed by atoms with Crippen LogP contribution in [-0.4, -0.2) is 69.1 Å². The topological polar surface area (TPSA) is 91.8 Å². The normalized spacial score (nSPS) is 23.2. The van der Waals surface area contributed by atoms with E-state index in [2.05, 4.69) is 0 Å². The third kappa shape index (κ3) is 4.35. The molecule has 1 atom stereocenters. The van der Waals surface area contributed by atoms with Crippen LogP contribution < -0.4 is 0 Å². The molecule has 0 aromatic heterocycles. The van der Waals surface area contributed by atoms with E-state index in [-0.39, 0.29) is 28.4 Å². The maximum absolute atomic E-state index is 12.8. The molecule has 0 saturated carbocycles. The molecule has 0 bridgehead atoms. The Hall–Kier alpha value is -1.45. The van der Waals surface area contributed by atoms with Crippen LogP contribution in [-0.2, 0) is 19.9 Å². The first-order valence-corrected chi connectivity index (χ1v) is 12.6. The zero-order valence-corrected chi connectivity index (χ0v) is 17.1. The standard InChI is InChI=1S/C18H26N2O5S2/c1-2-20(16-10-13-26(22,23)14-16)18(21)15-6-8-17(9-7-15)27(24,25)19-11-4-3-5-12-19/h6-9,16H,2-5,10-14H2,1H3/t16-/m0/s1. The summed E-state index contributed by atoms with van der Waals surface area (Å²) in [5.41, 5.74) is 0.374. The highest BCUT2D eigenvalue weighted by atomic mass is 32.2. The highest BCUT2D eigenvalue weighted by Crippen LogP contribution is 2.23. The molecule has 0 radical (unpaired) electrons. The van der Waals surface area contributed by atoms with Gasteiger partial charge >= 0.3 is 0 Å². The van der Waals surface area contributed by atoms with Crippen LogP contribution in [0.2, 0.25) is 0 Å². The van der Waals surface area contributed by atoms with Crippen LogP contribution in [0.25, 0.3) is 0 Å². The van der Waals surface area contributed by atoms with Crippen molar-refractivity contribution >= 4 is 25.8 Å². The van der Waals surface area contributed by atoms with Gasteiger partial charge in [0.15, 0.2) is 9.84 Å². The van der Waals surface area contributed by atoms with Crippen LogP contribution in [0, 0.1) is 0 Å². The Bertz CT molecular complexity index is 888. The lowest BCUT2D eigenvalue weighted by atomic mass is 10.1. The van der Waals surface area contributed by atoms with Gasteiger partial charge in [-0.2, -0.15) is 4.31 Å². The van der Waals surface area contributed by atoms with Crippen molar-refractivity contribution in [1.82, 2.24) is 9.21 Å². The maximum Gasteiger partial charge on any atom is 0.254 e. The molecule has 2 saturated heterocycles. The van der Waals surface area contributed by atoms with E-state index in [4.69, 9.17) is 0 Å². The van der Waals surface area contributed by atoms with Gasteiger partial charge in [-0.15, -0.1) is 0 Å². The van der Waals surface area contributed by atoms with Gasteiger partial charge in [0.05, 0.1) is 16.4 Å². The van der Waals surface area contributed by atoms with Gasteiger partial charge in [0.25, 0.3) is 5.91 Å². The van der Waals surface area contributed by atoms with E-state index in [1.807, 2.05) is 6.92 Å². The number of piperidine rings is 1. The molecule has 1 amide bonds. The highest BCUT2D eigenvalue weighted by Gasteiger charge is 2.34. The number of amides is 1. The zero-order valence-electron chi connectivity index (χ0n) is 15.5. The fraction of sp³-hybridized carbons (Fsp3) is 0.611. The molecule has 0 spiro atoms. The van der Waals surface area contributed by atoms with Gasteiger partial charge in [0, 0.05) is 31.2 Å². The molecule has 3 rings (SSSR count). The van der Waals surface area contributed by atoms with Crippen LogP contribution in [0.4, 0.5) is 0 Å². The molecule has 0 aliphatic carbocycles. The molecular formula is C18H26N2O5S2. The molecule has 7 nitrogen and oxygen atoms in total. The molecule has 27 heavy (non-hydrogen) atoms. The number of sulfone groups is 1. The van der Waals surface area contributed by atoms with Crippen LogP contribution in [0.1, 0.15) is 43.0 Å². The van der Waals surface area contributed by atoms with Crippen LogP contribution >= 0.6 is 0 Å². The Kier molecular flexibility index (Phi) is 5.93. The van der Waals surface area contributed by atoms with Gasteiger partial charge in [-0.25, -0.2) is 16.8 Å². The third-order valence-corrected chi connectivity index (χ3v) is 8.97. The first kappa shape index (κ1) is 20.3. The second kappa shape index (κ2) is 7.89. The molecule has 1 aromatic carbocycles. The minimum absolute atomic E-state index is 0.00595. The first-order valence-electron chi connectivity index (χ1n) is 9.36. The Labute approximate surface area is 161 Å². The second-order valence-electron chi connectivity index (χ2n) is 7.14. The van der Waals surface area contributed by atoms with Crippen molar-refractivity contribution in [2.45, 2.75) is 43.5 Å². The van der Waals surface area contributed by atoms with Gasteiger partial charge in [-0.05, 0) is 50.5 Å². The SMILES string of the molecule is CCN(C(=O)c1ccc(S(=O)(=O)N2CCCCC2)cc1)[C@H]1CCS(=O)(=O)C1. The molecule has 1 aromatic rings. The van der Waals surface area contributed by atoms with Gasteiger partial charge < -0.3 is 4.90 Å². The summed E-state index contributed by atoms with van der Waals surface area (Å²) >= 11 is 0. The molecule has 150 valence electrons. The van der Waals surface area contributed by atoms with E-state index in [9.17, 15) is 21.6 Å². The lowest BCUT2D eigenvalue weighted by Gasteiger charge is -2.27. The Morgan fingerprint density at radius 3 is 2.30 bits per heavy atom. The van der Waals surface area contributed by atoms with Crippen LogP contribution in [0.5, 0.6) is 0 Å². The maximum atomic E-state index is 12.8. The summed E-state index contributed by atoms with van der Waals surface area (Å²) in [6.07, 6.45) is 3.23. The minimum Gasteiger partial charge on any atom is -0.335 e. The minimum atomic E-state index is -3.53. The Morgan fingerprint density at radius 2 is 1.78 bits per heavy atom. The number of hydrogen-bond donors (Lipinski definition) is 0. The van der Waals surface area contributed by atoms with E-state index < -0.39 is 19.9 Å². The summed E-state index contributed by atoms with van der Waals surface area (Å²) in [6.45, 7) is 3.29. The van der Waals surface area contributed by atoms with Crippen LogP contribution in [0.3, 0.4) is 0 Å². The van der Waals surface area contributed by atoms with Crippen molar-refractivity contribution in [3.63, 3.8) is 0 Å². The zero-order chi connectivity index (χ0) is 19.7. The van der Waals surface area contributed by atoms with Gasteiger partial charge in [-0.1, -0.05) is 6.42 Å². The van der Waals surface area contributed by atoms with E-state index in [0.29, 0.717) is 31.6 Å². The summed E-state index contributed by atoms with van der Waals surface area (Å²) < 4.78 is 50.3. The van der Waals surface area contributed by atoms with E-state index in [0.717, 1.165) is 19.3 Å². The van der Waals surface area contributed by atoms with E-state index >= 15 is 0 Å². The predicted molar refractivity (Wildman–Crippen MR) is 103 cm³/mol. The van der Waals surface area contributed by atoms with Gasteiger partial charge in [0.1, 0.15) is 0 Å².